The third-order valence-corrected chi connectivity index (χ3v) is 1.94. The largest absolute Gasteiger partial charge is 0.397 e. The van der Waals surface area contributed by atoms with Crippen molar-refractivity contribution in [3.63, 3.8) is 0 Å². The van der Waals surface area contributed by atoms with E-state index in [1.165, 1.54) is 0 Å². The van der Waals surface area contributed by atoms with Crippen LogP contribution in [0.25, 0.3) is 0 Å². The highest BCUT2D eigenvalue weighted by Crippen LogP contribution is 2.09. The van der Waals surface area contributed by atoms with Gasteiger partial charge >= 0.3 is 0 Å². The van der Waals surface area contributed by atoms with E-state index in [1.54, 1.807) is 6.20 Å². The molecule has 0 fully saturated rings. The Morgan fingerprint density at radius 3 is 2.86 bits per heavy atom. The molecule has 78 valence electrons. The number of ether oxygens (including phenoxy) is 1. The van der Waals surface area contributed by atoms with E-state index in [4.69, 9.17) is 10.5 Å². The average molecular weight is 195 g/mol. The zero-order valence-electron chi connectivity index (χ0n) is 8.73. The van der Waals surface area contributed by atoms with E-state index >= 15 is 0 Å². The van der Waals surface area contributed by atoms with Crippen molar-refractivity contribution in [3.05, 3.63) is 18.3 Å². The number of hydrogen-bond acceptors (Lipinski definition) is 4. The summed E-state index contributed by atoms with van der Waals surface area (Å²) in [6, 6.07) is 3.75. The molecule has 14 heavy (non-hydrogen) atoms. The normalized spacial score (nSPS) is 10.1. The summed E-state index contributed by atoms with van der Waals surface area (Å²) in [5, 5.41) is 0. The molecule has 0 radical (unpaired) electrons. The molecular weight excluding hydrogens is 178 g/mol. The number of nitrogen functional groups attached to an aromatic ring is 1. The van der Waals surface area contributed by atoms with Gasteiger partial charge in [-0.3, -0.25) is 0 Å². The van der Waals surface area contributed by atoms with E-state index in [2.05, 4.69) is 4.98 Å². The van der Waals surface area contributed by atoms with Crippen molar-refractivity contribution >= 4 is 11.5 Å². The molecule has 0 saturated carbocycles. The first-order chi connectivity index (χ1) is 6.74. The van der Waals surface area contributed by atoms with Crippen molar-refractivity contribution < 1.29 is 4.74 Å². The van der Waals surface area contributed by atoms with Crippen LogP contribution in [0.15, 0.2) is 18.3 Å². The summed E-state index contributed by atoms with van der Waals surface area (Å²) >= 11 is 0. The minimum Gasteiger partial charge on any atom is -0.397 e. The Morgan fingerprint density at radius 1 is 1.50 bits per heavy atom. The number of pyridine rings is 1. The molecule has 0 atom stereocenters. The Hall–Kier alpha value is -1.29. The maximum absolute atomic E-state index is 5.54. The van der Waals surface area contributed by atoms with Crippen molar-refractivity contribution in [2.45, 2.75) is 6.92 Å². The highest BCUT2D eigenvalue weighted by molar-refractivity contribution is 5.45. The van der Waals surface area contributed by atoms with Gasteiger partial charge in [-0.25, -0.2) is 4.98 Å². The summed E-state index contributed by atoms with van der Waals surface area (Å²) in [6.07, 6.45) is 1.66. The molecule has 0 amide bonds. The van der Waals surface area contributed by atoms with Crippen LogP contribution in [-0.2, 0) is 4.74 Å². The van der Waals surface area contributed by atoms with Crippen LogP contribution in [0.4, 0.5) is 11.5 Å². The topological polar surface area (TPSA) is 51.4 Å². The zero-order chi connectivity index (χ0) is 10.4. The van der Waals surface area contributed by atoms with Gasteiger partial charge in [0, 0.05) is 20.2 Å². The van der Waals surface area contributed by atoms with Crippen molar-refractivity contribution in [1.82, 2.24) is 4.98 Å². The minimum absolute atomic E-state index is 0.687. The summed E-state index contributed by atoms with van der Waals surface area (Å²) < 4.78 is 5.26. The number of nitrogens with two attached hydrogens (primary N) is 1. The van der Waals surface area contributed by atoms with Crippen LogP contribution >= 0.6 is 0 Å². The van der Waals surface area contributed by atoms with Crippen LogP contribution < -0.4 is 10.6 Å². The molecule has 1 rings (SSSR count). The van der Waals surface area contributed by atoms with Crippen LogP contribution in [-0.4, -0.2) is 31.8 Å². The van der Waals surface area contributed by atoms with Gasteiger partial charge in [0.1, 0.15) is 5.82 Å². The lowest BCUT2D eigenvalue weighted by Gasteiger charge is -2.17. The van der Waals surface area contributed by atoms with E-state index in [0.29, 0.717) is 5.69 Å². The van der Waals surface area contributed by atoms with Crippen LogP contribution in [0.5, 0.6) is 0 Å². The number of hydrogen-bond donors (Lipinski definition) is 1. The van der Waals surface area contributed by atoms with Crippen molar-refractivity contribution in [2.24, 2.45) is 0 Å². The SMILES string of the molecule is CCOCCN(C)c1ccc(N)cn1. The summed E-state index contributed by atoms with van der Waals surface area (Å²) in [5.41, 5.74) is 6.23. The van der Waals surface area contributed by atoms with E-state index in [0.717, 1.165) is 25.6 Å². The number of likely N-dealkylation sites (N-methyl/N-ethyl adjacent to an activating group) is 1. The molecule has 4 nitrogen and oxygen atoms in total. The maximum Gasteiger partial charge on any atom is 0.128 e. The van der Waals surface area contributed by atoms with Crippen molar-refractivity contribution in [2.75, 3.05) is 37.4 Å². The molecule has 0 unspecified atom stereocenters. The Morgan fingerprint density at radius 2 is 2.29 bits per heavy atom. The average Bonchev–Trinajstić information content (AvgIpc) is 2.19. The minimum atomic E-state index is 0.687. The monoisotopic (exact) mass is 195 g/mol. The van der Waals surface area contributed by atoms with Crippen molar-refractivity contribution in [3.8, 4) is 0 Å². The fraction of sp³-hybridized carbons (Fsp3) is 0.500. The smallest absolute Gasteiger partial charge is 0.128 e. The lowest BCUT2D eigenvalue weighted by Crippen LogP contribution is -2.23. The second-order valence-corrected chi connectivity index (χ2v) is 3.07. The molecule has 1 aromatic rings. The number of anilines is 2. The Bertz CT molecular complexity index is 261. The molecule has 0 aliphatic heterocycles. The van der Waals surface area contributed by atoms with E-state index < -0.39 is 0 Å². The van der Waals surface area contributed by atoms with Gasteiger partial charge in [-0.1, -0.05) is 0 Å². The zero-order valence-corrected chi connectivity index (χ0v) is 8.73. The third-order valence-electron chi connectivity index (χ3n) is 1.94. The first kappa shape index (κ1) is 10.8. The fourth-order valence-corrected chi connectivity index (χ4v) is 1.08. The molecule has 2 N–H and O–H groups in total. The van der Waals surface area contributed by atoms with E-state index in [9.17, 15) is 0 Å². The van der Waals surface area contributed by atoms with Crippen LogP contribution in [0, 0.1) is 0 Å². The molecular formula is C10H17N3O. The Balaban J connectivity index is 2.43. The van der Waals surface area contributed by atoms with E-state index in [1.807, 2.05) is 31.0 Å². The number of rotatable bonds is 5. The van der Waals surface area contributed by atoms with Crippen molar-refractivity contribution in [1.29, 1.82) is 0 Å². The van der Waals surface area contributed by atoms with Gasteiger partial charge in [0.2, 0.25) is 0 Å². The molecule has 0 aromatic carbocycles. The fourth-order valence-electron chi connectivity index (χ4n) is 1.08. The molecule has 0 bridgehead atoms. The standard InChI is InChI=1S/C10H17N3O/c1-3-14-7-6-13(2)10-5-4-9(11)8-12-10/h4-5,8H,3,6-7,11H2,1-2H3. The van der Waals surface area contributed by atoms with Gasteiger partial charge in [-0.05, 0) is 19.1 Å². The highest BCUT2D eigenvalue weighted by Gasteiger charge is 2.00. The molecule has 0 aliphatic rings. The number of aromatic nitrogens is 1. The van der Waals surface area contributed by atoms with Gasteiger partial charge in [0.05, 0.1) is 18.5 Å². The van der Waals surface area contributed by atoms with Gasteiger partial charge in [-0.2, -0.15) is 0 Å². The lowest BCUT2D eigenvalue weighted by molar-refractivity contribution is 0.154. The second kappa shape index (κ2) is 5.44. The Kier molecular flexibility index (Phi) is 4.19. The van der Waals surface area contributed by atoms with E-state index in [-0.39, 0.29) is 0 Å². The van der Waals surface area contributed by atoms with Crippen LogP contribution in [0.3, 0.4) is 0 Å². The first-order valence-electron chi connectivity index (χ1n) is 4.74. The first-order valence-corrected chi connectivity index (χ1v) is 4.74. The molecule has 1 aromatic heterocycles. The predicted octanol–water partition coefficient (Wildman–Crippen LogP) is 1.14. The van der Waals surface area contributed by atoms with Gasteiger partial charge in [0.15, 0.2) is 0 Å². The summed E-state index contributed by atoms with van der Waals surface area (Å²) in [7, 11) is 1.98. The second-order valence-electron chi connectivity index (χ2n) is 3.07. The highest BCUT2D eigenvalue weighted by atomic mass is 16.5. The lowest BCUT2D eigenvalue weighted by atomic mass is 10.4. The molecule has 4 heteroatoms. The van der Waals surface area contributed by atoms with Crippen LogP contribution in [0.1, 0.15) is 6.92 Å². The third kappa shape index (κ3) is 3.22. The predicted molar refractivity (Wildman–Crippen MR) is 58.4 cm³/mol. The summed E-state index contributed by atoms with van der Waals surface area (Å²) in [5.74, 6) is 0.916. The van der Waals surface area contributed by atoms with Gasteiger partial charge < -0.3 is 15.4 Å². The number of nitrogens with zero attached hydrogens (tertiary/aromatic N) is 2. The van der Waals surface area contributed by atoms with Gasteiger partial charge in [0.25, 0.3) is 0 Å². The molecule has 0 aliphatic carbocycles. The van der Waals surface area contributed by atoms with Crippen LogP contribution in [0.2, 0.25) is 0 Å². The summed E-state index contributed by atoms with van der Waals surface area (Å²) in [6.45, 7) is 4.30. The molecule has 1 heterocycles. The molecule has 0 spiro atoms. The maximum atomic E-state index is 5.54. The Labute approximate surface area is 84.7 Å². The summed E-state index contributed by atoms with van der Waals surface area (Å²) in [4.78, 5) is 6.24. The van der Waals surface area contributed by atoms with Gasteiger partial charge in [-0.15, -0.1) is 0 Å². The quantitative estimate of drug-likeness (QED) is 0.716. The molecule has 0 saturated heterocycles.